The fourth-order valence-corrected chi connectivity index (χ4v) is 0.854. The predicted octanol–water partition coefficient (Wildman–Crippen LogP) is 4.85. The van der Waals surface area contributed by atoms with Gasteiger partial charge in [0.15, 0.2) is 0 Å². The van der Waals surface area contributed by atoms with Crippen LogP contribution in [0.4, 0.5) is 0 Å². The Kier molecular flexibility index (Phi) is 46.0. The Bertz CT molecular complexity index is 32.5. The average molecular weight is 203 g/mol. The van der Waals surface area contributed by atoms with E-state index in [-0.39, 0.29) is 32.2 Å². The molecule has 0 aliphatic heterocycles. The van der Waals surface area contributed by atoms with Crippen molar-refractivity contribution in [2.24, 2.45) is 0 Å². The van der Waals surface area contributed by atoms with Crippen LogP contribution in [0.5, 0.6) is 0 Å². The van der Waals surface area contributed by atoms with Gasteiger partial charge >= 0.3 is 0 Å². The molecule has 0 aromatic heterocycles. The second-order valence-corrected chi connectivity index (χ2v) is 2.41. The highest BCUT2D eigenvalue weighted by molar-refractivity contribution is 5.85. The summed E-state index contributed by atoms with van der Waals surface area (Å²) in [5.41, 5.74) is 0. The van der Waals surface area contributed by atoms with E-state index in [0.717, 1.165) is 0 Å². The lowest BCUT2D eigenvalue weighted by atomic mass is 10.1. The van der Waals surface area contributed by atoms with Crippen molar-refractivity contribution in [3.05, 3.63) is 0 Å². The summed E-state index contributed by atoms with van der Waals surface area (Å²) < 4.78 is 0. The molecule has 2 heteroatoms. The van der Waals surface area contributed by atoms with E-state index in [1.807, 2.05) is 0 Å². The second kappa shape index (κ2) is 22.4. The lowest BCUT2D eigenvalue weighted by Gasteiger charge is -1.93. The summed E-state index contributed by atoms with van der Waals surface area (Å²) in [5.74, 6) is 0. The van der Waals surface area contributed by atoms with Crippen molar-refractivity contribution in [1.29, 1.82) is 0 Å². The maximum Gasteiger partial charge on any atom is -0.0533 e. The first-order valence-corrected chi connectivity index (χ1v) is 3.91. The van der Waals surface area contributed by atoms with Crippen LogP contribution >= 0.6 is 24.8 Å². The molecule has 0 bridgehead atoms. The molecule has 0 rings (SSSR count). The molecule has 0 spiro atoms. The summed E-state index contributed by atoms with van der Waals surface area (Å²) in [6.45, 7) is 4.51. The molecule has 11 heavy (non-hydrogen) atoms. The van der Waals surface area contributed by atoms with Gasteiger partial charge in [0.25, 0.3) is 0 Å². The van der Waals surface area contributed by atoms with Gasteiger partial charge in [0.2, 0.25) is 0 Å². The van der Waals surface area contributed by atoms with Gasteiger partial charge in [0.05, 0.1) is 0 Å². The van der Waals surface area contributed by atoms with E-state index in [9.17, 15) is 0 Å². The molecule has 0 saturated heterocycles. The van der Waals surface area contributed by atoms with Gasteiger partial charge in [0.1, 0.15) is 0 Å². The summed E-state index contributed by atoms with van der Waals surface area (Å²) in [7, 11) is 0. The number of rotatable bonds is 5. The highest BCUT2D eigenvalue weighted by atomic mass is 35.5. The Morgan fingerprint density at radius 3 is 1.09 bits per heavy atom. The molecule has 0 amide bonds. The van der Waals surface area contributed by atoms with Crippen molar-refractivity contribution in [2.75, 3.05) is 0 Å². The van der Waals surface area contributed by atoms with Crippen LogP contribution in [0.2, 0.25) is 0 Å². The van der Waals surface area contributed by atoms with Gasteiger partial charge in [-0.3, -0.25) is 0 Å². The van der Waals surface area contributed by atoms with Crippen LogP contribution in [0.3, 0.4) is 0 Å². The monoisotopic (exact) mass is 202 g/mol. The van der Waals surface area contributed by atoms with Crippen molar-refractivity contribution in [1.82, 2.24) is 0 Å². The van der Waals surface area contributed by atoms with Gasteiger partial charge in [-0.2, -0.15) is 0 Å². The van der Waals surface area contributed by atoms with Gasteiger partial charge in [-0.25, -0.2) is 0 Å². The Morgan fingerprint density at radius 2 is 0.909 bits per heavy atom. The highest BCUT2D eigenvalue weighted by Crippen LogP contribution is 2.03. The average Bonchev–Trinajstić information content (AvgIpc) is 1.81. The minimum Gasteiger partial charge on any atom is -0.147 e. The molecule has 0 unspecified atom stereocenters. The fourth-order valence-electron chi connectivity index (χ4n) is 0.854. The maximum atomic E-state index is 2.26. The van der Waals surface area contributed by atoms with Gasteiger partial charge < -0.3 is 0 Å². The first kappa shape index (κ1) is 22.6. The number of hydrogen-bond donors (Lipinski definition) is 0. The smallest absolute Gasteiger partial charge is 0.0533 e. The molecule has 0 aliphatic rings. The van der Waals surface area contributed by atoms with Crippen molar-refractivity contribution in [3.63, 3.8) is 0 Å². The Labute approximate surface area is 85.0 Å². The van der Waals surface area contributed by atoms with E-state index in [4.69, 9.17) is 0 Å². The summed E-state index contributed by atoms with van der Waals surface area (Å²) in [6.07, 6.45) is 8.49. The van der Waals surface area contributed by atoms with Crippen LogP contribution < -0.4 is 0 Å². The van der Waals surface area contributed by atoms with E-state index in [2.05, 4.69) is 13.8 Å². The molecule has 0 fully saturated rings. The quantitative estimate of drug-likeness (QED) is 0.560. The molecule has 0 N–H and O–H groups in total. The lowest BCUT2D eigenvalue weighted by molar-refractivity contribution is 0.624. The number of hydrogen-bond acceptors (Lipinski definition) is 0. The second-order valence-electron chi connectivity index (χ2n) is 2.41. The first-order chi connectivity index (χ1) is 3.91. The van der Waals surface area contributed by atoms with E-state index in [0.29, 0.717) is 0 Å². The van der Waals surface area contributed by atoms with Gasteiger partial charge in [-0.1, -0.05) is 59.8 Å². The molecule has 0 aliphatic carbocycles. The lowest BCUT2D eigenvalue weighted by Crippen LogP contribution is -1.73. The van der Waals surface area contributed by atoms with Gasteiger partial charge in [-0.15, -0.1) is 24.8 Å². The third kappa shape index (κ3) is 25.0. The van der Waals surface area contributed by atoms with E-state index >= 15 is 0 Å². The number of unbranched alkanes of at least 4 members (excludes halogenated alkanes) is 5. The number of halogens is 2. The Balaban J connectivity index is -0.0000000817. The van der Waals surface area contributed by atoms with Crippen molar-refractivity contribution < 1.29 is 0 Å². The molecular formula is C9H24Cl2. The summed E-state index contributed by atoms with van der Waals surface area (Å²) in [4.78, 5) is 0. The first-order valence-electron chi connectivity index (χ1n) is 3.91. The van der Waals surface area contributed by atoms with Crippen LogP contribution in [0.25, 0.3) is 0 Å². The summed E-state index contributed by atoms with van der Waals surface area (Å²) in [6, 6.07) is 0. The molecule has 0 aromatic carbocycles. The molecule has 0 atom stereocenters. The van der Waals surface area contributed by atoms with E-state index in [1.54, 1.807) is 0 Å². The van der Waals surface area contributed by atoms with Gasteiger partial charge in [-0.05, 0) is 0 Å². The maximum absolute atomic E-state index is 2.26. The minimum absolute atomic E-state index is 0. The standard InChI is InChI=1S/C8H18.CH4.2ClH/c1-3-5-7-8-6-4-2;;;/h3-8H2,1-2H3;1H4;2*1H. The van der Waals surface area contributed by atoms with Gasteiger partial charge in [0, 0.05) is 0 Å². The predicted molar refractivity (Wildman–Crippen MR) is 60.3 cm³/mol. The van der Waals surface area contributed by atoms with Crippen LogP contribution in [0.15, 0.2) is 0 Å². The molecular weight excluding hydrogens is 179 g/mol. The SMILES string of the molecule is C.CCCCCCCC.Cl.Cl. The zero-order valence-corrected chi connectivity index (χ0v) is 8.69. The third-order valence-corrected chi connectivity index (χ3v) is 1.46. The molecule has 0 nitrogen and oxygen atoms in total. The van der Waals surface area contributed by atoms with Crippen LogP contribution in [0, 0.1) is 0 Å². The summed E-state index contributed by atoms with van der Waals surface area (Å²) >= 11 is 0. The Morgan fingerprint density at radius 1 is 0.636 bits per heavy atom. The minimum atomic E-state index is 0. The zero-order chi connectivity index (χ0) is 6.24. The van der Waals surface area contributed by atoms with E-state index < -0.39 is 0 Å². The van der Waals surface area contributed by atoms with Crippen LogP contribution in [-0.4, -0.2) is 0 Å². The normalized spacial score (nSPS) is 7.09. The molecule has 0 saturated carbocycles. The third-order valence-electron chi connectivity index (χ3n) is 1.46. The molecule has 74 valence electrons. The molecule has 0 aromatic rings. The Hall–Kier alpha value is 0.580. The summed E-state index contributed by atoms with van der Waals surface area (Å²) in [5, 5.41) is 0. The van der Waals surface area contributed by atoms with E-state index in [1.165, 1.54) is 38.5 Å². The fraction of sp³-hybridized carbons (Fsp3) is 1.00. The molecule has 0 radical (unpaired) electrons. The van der Waals surface area contributed by atoms with Crippen LogP contribution in [-0.2, 0) is 0 Å². The molecule has 0 heterocycles. The van der Waals surface area contributed by atoms with Crippen molar-refractivity contribution >= 4 is 24.8 Å². The van der Waals surface area contributed by atoms with Crippen LogP contribution in [0.1, 0.15) is 59.8 Å². The van der Waals surface area contributed by atoms with Crippen molar-refractivity contribution in [2.45, 2.75) is 59.8 Å². The largest absolute Gasteiger partial charge is 0.147 e. The topological polar surface area (TPSA) is 0 Å². The highest BCUT2D eigenvalue weighted by Gasteiger charge is 1.83. The zero-order valence-electron chi connectivity index (χ0n) is 7.06. The van der Waals surface area contributed by atoms with Crippen molar-refractivity contribution in [3.8, 4) is 0 Å².